The summed E-state index contributed by atoms with van der Waals surface area (Å²) < 4.78 is 5.51. The molecule has 0 radical (unpaired) electrons. The third-order valence-corrected chi connectivity index (χ3v) is 3.66. The van der Waals surface area contributed by atoms with Crippen molar-refractivity contribution in [1.29, 1.82) is 0 Å². The normalized spacial score (nSPS) is 10.6. The maximum Gasteiger partial charge on any atom is 0.223 e. The first-order chi connectivity index (χ1) is 12.3. The van der Waals surface area contributed by atoms with Crippen LogP contribution in [0.5, 0.6) is 5.75 Å². The van der Waals surface area contributed by atoms with Crippen LogP contribution in [0.2, 0.25) is 0 Å². The summed E-state index contributed by atoms with van der Waals surface area (Å²) >= 11 is 0. The van der Waals surface area contributed by atoms with E-state index >= 15 is 0 Å². The zero-order valence-electron chi connectivity index (χ0n) is 13.4. The Morgan fingerprint density at radius 3 is 2.32 bits per heavy atom. The van der Waals surface area contributed by atoms with E-state index in [4.69, 9.17) is 4.74 Å². The van der Waals surface area contributed by atoms with E-state index in [2.05, 4.69) is 25.4 Å². The topological polar surface area (TPSA) is 78.6 Å². The summed E-state index contributed by atoms with van der Waals surface area (Å²) in [4.78, 5) is 10.1. The van der Waals surface area contributed by atoms with Gasteiger partial charge in [-0.2, -0.15) is 0 Å². The Labute approximate surface area is 144 Å². The van der Waals surface area contributed by atoms with Gasteiger partial charge in [-0.1, -0.05) is 12.1 Å². The highest BCUT2D eigenvalue weighted by Crippen LogP contribution is 2.30. The predicted molar refractivity (Wildman–Crippen MR) is 92.2 cm³/mol. The molecule has 0 saturated carbocycles. The van der Waals surface area contributed by atoms with Gasteiger partial charge < -0.3 is 4.74 Å². The van der Waals surface area contributed by atoms with E-state index in [1.54, 1.807) is 19.5 Å². The lowest BCUT2D eigenvalue weighted by molar-refractivity contribution is 0.415. The Balaban J connectivity index is 1.71. The molecule has 0 bridgehead atoms. The molecule has 7 heteroatoms. The van der Waals surface area contributed by atoms with E-state index in [1.165, 1.54) is 4.80 Å². The van der Waals surface area contributed by atoms with E-state index < -0.39 is 0 Å². The summed E-state index contributed by atoms with van der Waals surface area (Å²) in [5, 5.41) is 12.6. The lowest BCUT2D eigenvalue weighted by Gasteiger charge is -2.09. The molecule has 1 aromatic carbocycles. The third-order valence-electron chi connectivity index (χ3n) is 3.66. The Kier molecular flexibility index (Phi) is 3.88. The van der Waals surface area contributed by atoms with Crippen molar-refractivity contribution in [2.75, 3.05) is 7.11 Å². The van der Waals surface area contributed by atoms with Crippen LogP contribution in [0.4, 0.5) is 0 Å². The maximum atomic E-state index is 5.51. The summed E-state index contributed by atoms with van der Waals surface area (Å²) in [6, 6.07) is 17.0. The van der Waals surface area contributed by atoms with Gasteiger partial charge in [-0.05, 0) is 41.6 Å². The van der Waals surface area contributed by atoms with Crippen LogP contribution < -0.4 is 4.74 Å². The summed E-state index contributed by atoms with van der Waals surface area (Å²) in [6.07, 6.45) is 3.45. The van der Waals surface area contributed by atoms with Gasteiger partial charge in [0.25, 0.3) is 0 Å². The Morgan fingerprint density at radius 2 is 1.64 bits per heavy atom. The fourth-order valence-electron chi connectivity index (χ4n) is 2.46. The van der Waals surface area contributed by atoms with Gasteiger partial charge in [0.05, 0.1) is 18.5 Å². The van der Waals surface area contributed by atoms with Crippen molar-refractivity contribution in [3.8, 4) is 34.2 Å². The first-order valence-electron chi connectivity index (χ1n) is 7.66. The van der Waals surface area contributed by atoms with Crippen molar-refractivity contribution in [2.45, 2.75) is 0 Å². The Morgan fingerprint density at radius 1 is 0.880 bits per heavy atom. The van der Waals surface area contributed by atoms with E-state index in [0.717, 1.165) is 16.9 Å². The van der Waals surface area contributed by atoms with Gasteiger partial charge in [-0.15, -0.1) is 15.0 Å². The molecule has 122 valence electrons. The quantitative estimate of drug-likeness (QED) is 0.572. The summed E-state index contributed by atoms with van der Waals surface area (Å²) in [7, 11) is 1.62. The first-order valence-corrected chi connectivity index (χ1v) is 7.66. The van der Waals surface area contributed by atoms with E-state index in [-0.39, 0.29) is 0 Å². The van der Waals surface area contributed by atoms with Crippen molar-refractivity contribution < 1.29 is 4.74 Å². The fraction of sp³-hybridized carbons (Fsp3) is 0.0556. The monoisotopic (exact) mass is 330 g/mol. The molecule has 0 amide bonds. The zero-order chi connectivity index (χ0) is 17.1. The minimum atomic E-state index is 0.466. The van der Waals surface area contributed by atoms with Gasteiger partial charge in [0.15, 0.2) is 0 Å². The molecule has 0 aliphatic carbocycles. The average Bonchev–Trinajstić information content (AvgIpc) is 3.19. The largest absolute Gasteiger partial charge is 0.496 e. The smallest absolute Gasteiger partial charge is 0.223 e. The van der Waals surface area contributed by atoms with Gasteiger partial charge in [-0.3, -0.25) is 9.97 Å². The first kappa shape index (κ1) is 14.9. The molecule has 0 saturated heterocycles. The second-order valence-electron chi connectivity index (χ2n) is 5.22. The van der Waals surface area contributed by atoms with Crippen molar-refractivity contribution in [1.82, 2.24) is 30.2 Å². The van der Waals surface area contributed by atoms with E-state index in [9.17, 15) is 0 Å². The maximum absolute atomic E-state index is 5.51. The van der Waals surface area contributed by atoms with Gasteiger partial charge in [-0.25, -0.2) is 0 Å². The Hall–Kier alpha value is -3.61. The molecular formula is C18H14N6O. The summed E-state index contributed by atoms with van der Waals surface area (Å²) in [6.45, 7) is 0. The Bertz CT molecular complexity index is 985. The number of hydrogen-bond donors (Lipinski definition) is 0. The molecule has 3 heterocycles. The molecular weight excluding hydrogens is 316 g/mol. The molecule has 0 N–H and O–H groups in total. The molecule has 0 aliphatic rings. The van der Waals surface area contributed by atoms with Crippen LogP contribution in [0.25, 0.3) is 28.5 Å². The lowest BCUT2D eigenvalue weighted by atomic mass is 10.1. The van der Waals surface area contributed by atoms with Gasteiger partial charge >= 0.3 is 0 Å². The highest BCUT2D eigenvalue weighted by Gasteiger charge is 2.12. The second-order valence-corrected chi connectivity index (χ2v) is 5.22. The van der Waals surface area contributed by atoms with Crippen molar-refractivity contribution in [3.05, 3.63) is 67.0 Å². The summed E-state index contributed by atoms with van der Waals surface area (Å²) in [5.41, 5.74) is 3.15. The highest BCUT2D eigenvalue weighted by atomic mass is 16.5. The molecule has 0 spiro atoms. The number of benzene rings is 1. The van der Waals surface area contributed by atoms with Crippen LogP contribution in [0.3, 0.4) is 0 Å². The van der Waals surface area contributed by atoms with Crippen LogP contribution in [-0.4, -0.2) is 37.3 Å². The SMILES string of the molecule is COc1cc(-n2nnc(-c3ccccn3)n2)ccc1-c1ccccn1. The van der Waals surface area contributed by atoms with Crippen LogP contribution >= 0.6 is 0 Å². The lowest BCUT2D eigenvalue weighted by Crippen LogP contribution is -2.00. The van der Waals surface area contributed by atoms with Crippen molar-refractivity contribution in [2.24, 2.45) is 0 Å². The number of ether oxygens (including phenoxy) is 1. The fourth-order valence-corrected chi connectivity index (χ4v) is 2.46. The van der Waals surface area contributed by atoms with E-state index in [1.807, 2.05) is 54.6 Å². The number of tetrazole rings is 1. The van der Waals surface area contributed by atoms with Crippen LogP contribution in [0, 0.1) is 0 Å². The molecule has 0 aliphatic heterocycles. The summed E-state index contributed by atoms with van der Waals surface area (Å²) in [5.74, 6) is 1.15. The highest BCUT2D eigenvalue weighted by molar-refractivity contribution is 5.69. The zero-order valence-corrected chi connectivity index (χ0v) is 13.4. The third kappa shape index (κ3) is 2.94. The number of hydrogen-bond acceptors (Lipinski definition) is 6. The number of rotatable bonds is 4. The molecule has 4 rings (SSSR count). The van der Waals surface area contributed by atoms with Gasteiger partial charge in [0.1, 0.15) is 11.4 Å². The van der Waals surface area contributed by atoms with Crippen molar-refractivity contribution in [3.63, 3.8) is 0 Å². The molecule has 7 nitrogen and oxygen atoms in total. The van der Waals surface area contributed by atoms with Crippen molar-refractivity contribution >= 4 is 0 Å². The van der Waals surface area contributed by atoms with E-state index in [0.29, 0.717) is 17.3 Å². The molecule has 0 fully saturated rings. The van der Waals surface area contributed by atoms with Gasteiger partial charge in [0, 0.05) is 24.0 Å². The minimum Gasteiger partial charge on any atom is -0.496 e. The predicted octanol–water partition coefficient (Wildman–Crippen LogP) is 2.79. The number of aromatic nitrogens is 6. The number of methoxy groups -OCH3 is 1. The average molecular weight is 330 g/mol. The minimum absolute atomic E-state index is 0.466. The second kappa shape index (κ2) is 6.48. The molecule has 0 unspecified atom stereocenters. The van der Waals surface area contributed by atoms with Gasteiger partial charge in [0.2, 0.25) is 5.82 Å². The molecule has 4 aromatic rings. The molecule has 3 aromatic heterocycles. The standard InChI is InChI=1S/C18H14N6O/c1-25-17-12-13(8-9-14(17)15-6-2-4-10-19-15)24-22-18(21-23-24)16-7-3-5-11-20-16/h2-12H,1H3. The number of nitrogens with zero attached hydrogens (tertiary/aromatic N) is 6. The molecule has 0 atom stereocenters. The van der Waals surface area contributed by atoms with Crippen LogP contribution in [0.15, 0.2) is 67.0 Å². The van der Waals surface area contributed by atoms with Crippen LogP contribution in [-0.2, 0) is 0 Å². The number of pyridine rings is 2. The van der Waals surface area contributed by atoms with Crippen LogP contribution in [0.1, 0.15) is 0 Å². The molecule has 25 heavy (non-hydrogen) atoms.